The standard InChI is InChI=1S/C16H18OSi/c1-3-17-18(4-2,15-11-7-5-8-12-15)16-13-9-6-10-14-16/h4-14H,2-3H2,1H3. The molecule has 18 heavy (non-hydrogen) atoms. The fraction of sp³-hybridized carbons (Fsp3) is 0.125. The summed E-state index contributed by atoms with van der Waals surface area (Å²) in [5.41, 5.74) is 2.02. The van der Waals surface area contributed by atoms with Crippen LogP contribution in [0.5, 0.6) is 0 Å². The van der Waals surface area contributed by atoms with Gasteiger partial charge in [-0.2, -0.15) is 0 Å². The Morgan fingerprint density at radius 3 is 1.72 bits per heavy atom. The highest BCUT2D eigenvalue weighted by Crippen LogP contribution is 2.08. The lowest BCUT2D eigenvalue weighted by Gasteiger charge is -2.28. The summed E-state index contributed by atoms with van der Waals surface area (Å²) in [6.45, 7) is 6.78. The molecule has 0 radical (unpaired) electrons. The van der Waals surface area contributed by atoms with Gasteiger partial charge in [0, 0.05) is 6.61 Å². The largest absolute Gasteiger partial charge is 0.405 e. The fourth-order valence-electron chi connectivity index (χ4n) is 2.23. The van der Waals surface area contributed by atoms with Crippen LogP contribution in [0.15, 0.2) is 72.9 Å². The maximum atomic E-state index is 6.17. The predicted molar refractivity (Wildman–Crippen MR) is 79.7 cm³/mol. The predicted octanol–water partition coefficient (Wildman–Crippen LogP) is 2.51. The van der Waals surface area contributed by atoms with Crippen LogP contribution >= 0.6 is 0 Å². The summed E-state index contributed by atoms with van der Waals surface area (Å²) < 4.78 is 6.17. The first-order chi connectivity index (χ1) is 8.83. The second-order valence-electron chi connectivity index (χ2n) is 4.10. The SMILES string of the molecule is C=C[Si](OCC)(c1ccccc1)c1ccccc1. The summed E-state index contributed by atoms with van der Waals surface area (Å²) in [4.78, 5) is 0. The van der Waals surface area contributed by atoms with Gasteiger partial charge >= 0.3 is 0 Å². The molecule has 0 heterocycles. The van der Waals surface area contributed by atoms with Crippen molar-refractivity contribution in [2.45, 2.75) is 6.92 Å². The van der Waals surface area contributed by atoms with Gasteiger partial charge in [0.1, 0.15) is 0 Å². The minimum Gasteiger partial charge on any atom is -0.405 e. The molecule has 2 rings (SSSR count). The van der Waals surface area contributed by atoms with Crippen molar-refractivity contribution in [1.29, 1.82) is 0 Å². The molecule has 0 aliphatic carbocycles. The average molecular weight is 254 g/mol. The molecular weight excluding hydrogens is 236 g/mol. The molecule has 2 aromatic rings. The molecule has 0 bridgehead atoms. The molecule has 0 atom stereocenters. The Balaban J connectivity index is 2.57. The molecule has 0 aliphatic rings. The van der Waals surface area contributed by atoms with Crippen molar-refractivity contribution in [1.82, 2.24) is 0 Å². The van der Waals surface area contributed by atoms with E-state index in [1.165, 1.54) is 10.4 Å². The van der Waals surface area contributed by atoms with Crippen LogP contribution in [0.4, 0.5) is 0 Å². The topological polar surface area (TPSA) is 9.23 Å². The quantitative estimate of drug-likeness (QED) is 0.745. The zero-order valence-corrected chi connectivity index (χ0v) is 11.7. The Hall–Kier alpha value is -1.64. The molecule has 0 saturated carbocycles. The van der Waals surface area contributed by atoms with E-state index in [2.05, 4.69) is 55.1 Å². The minimum atomic E-state index is -2.26. The molecule has 0 amide bonds. The van der Waals surface area contributed by atoms with E-state index in [1.807, 2.05) is 24.8 Å². The Kier molecular flexibility index (Phi) is 4.13. The van der Waals surface area contributed by atoms with Crippen molar-refractivity contribution in [3.05, 3.63) is 72.9 Å². The van der Waals surface area contributed by atoms with Gasteiger partial charge < -0.3 is 4.43 Å². The molecular formula is C16H18OSi. The van der Waals surface area contributed by atoms with Gasteiger partial charge in [-0.15, -0.1) is 6.58 Å². The van der Waals surface area contributed by atoms with Crippen molar-refractivity contribution < 1.29 is 4.43 Å². The van der Waals surface area contributed by atoms with E-state index in [9.17, 15) is 0 Å². The van der Waals surface area contributed by atoms with E-state index in [1.54, 1.807) is 0 Å². The zero-order valence-electron chi connectivity index (χ0n) is 10.7. The number of rotatable bonds is 5. The molecule has 0 N–H and O–H groups in total. The summed E-state index contributed by atoms with van der Waals surface area (Å²) in [5, 5.41) is 2.49. The molecule has 0 aliphatic heterocycles. The Bertz CT molecular complexity index is 454. The Labute approximate surface area is 110 Å². The van der Waals surface area contributed by atoms with E-state index in [0.29, 0.717) is 6.61 Å². The van der Waals surface area contributed by atoms with Crippen molar-refractivity contribution >= 4 is 18.7 Å². The van der Waals surface area contributed by atoms with Crippen LogP contribution in [0.1, 0.15) is 6.92 Å². The van der Waals surface area contributed by atoms with Gasteiger partial charge in [-0.3, -0.25) is 0 Å². The second-order valence-corrected chi connectivity index (χ2v) is 7.43. The van der Waals surface area contributed by atoms with Crippen LogP contribution in [-0.4, -0.2) is 14.9 Å². The Morgan fingerprint density at radius 2 is 1.39 bits per heavy atom. The van der Waals surface area contributed by atoms with E-state index in [0.717, 1.165) is 0 Å². The van der Waals surface area contributed by atoms with Crippen LogP contribution in [0.2, 0.25) is 0 Å². The molecule has 0 unspecified atom stereocenters. The van der Waals surface area contributed by atoms with Crippen molar-refractivity contribution in [3.63, 3.8) is 0 Å². The molecule has 2 aromatic carbocycles. The van der Waals surface area contributed by atoms with Crippen LogP contribution in [0.3, 0.4) is 0 Å². The van der Waals surface area contributed by atoms with Gasteiger partial charge in [0.15, 0.2) is 0 Å². The third kappa shape index (κ3) is 2.30. The van der Waals surface area contributed by atoms with Gasteiger partial charge in [0.05, 0.1) is 0 Å². The van der Waals surface area contributed by atoms with Crippen molar-refractivity contribution in [2.24, 2.45) is 0 Å². The van der Waals surface area contributed by atoms with Crippen LogP contribution < -0.4 is 10.4 Å². The molecule has 0 aromatic heterocycles. The summed E-state index contributed by atoms with van der Waals surface area (Å²) >= 11 is 0. The first-order valence-electron chi connectivity index (χ1n) is 6.22. The highest BCUT2D eigenvalue weighted by molar-refractivity contribution is 7.01. The smallest absolute Gasteiger partial charge is 0.280 e. The van der Waals surface area contributed by atoms with E-state index in [4.69, 9.17) is 4.43 Å². The van der Waals surface area contributed by atoms with Gasteiger partial charge in [0.25, 0.3) is 8.32 Å². The maximum Gasteiger partial charge on any atom is 0.280 e. The zero-order chi connectivity index (χ0) is 12.8. The molecule has 1 nitrogen and oxygen atoms in total. The van der Waals surface area contributed by atoms with E-state index < -0.39 is 8.32 Å². The maximum absolute atomic E-state index is 6.17. The normalized spacial score (nSPS) is 11.2. The van der Waals surface area contributed by atoms with Gasteiger partial charge in [-0.05, 0) is 17.3 Å². The number of hydrogen-bond donors (Lipinski definition) is 0. The lowest BCUT2D eigenvalue weighted by atomic mass is 10.4. The highest BCUT2D eigenvalue weighted by Gasteiger charge is 2.35. The average Bonchev–Trinajstić information content (AvgIpc) is 2.47. The first-order valence-corrected chi connectivity index (χ1v) is 8.20. The van der Waals surface area contributed by atoms with Gasteiger partial charge in [-0.1, -0.05) is 66.4 Å². The third-order valence-corrected chi connectivity index (χ3v) is 6.77. The van der Waals surface area contributed by atoms with Gasteiger partial charge in [0.2, 0.25) is 0 Å². The summed E-state index contributed by atoms with van der Waals surface area (Å²) in [6, 6.07) is 20.8. The monoisotopic (exact) mass is 254 g/mol. The Morgan fingerprint density at radius 1 is 0.944 bits per heavy atom. The minimum absolute atomic E-state index is 0.696. The highest BCUT2D eigenvalue weighted by atomic mass is 28.4. The summed E-state index contributed by atoms with van der Waals surface area (Å²) in [7, 11) is -2.26. The molecule has 0 fully saturated rings. The summed E-state index contributed by atoms with van der Waals surface area (Å²) in [5.74, 6) is 0. The lowest BCUT2D eigenvalue weighted by molar-refractivity contribution is 0.346. The van der Waals surface area contributed by atoms with Crippen LogP contribution in [-0.2, 0) is 4.43 Å². The molecule has 2 heteroatoms. The first kappa shape index (κ1) is 12.8. The second kappa shape index (κ2) is 5.80. The molecule has 92 valence electrons. The summed E-state index contributed by atoms with van der Waals surface area (Å²) in [6.07, 6.45) is 0. The van der Waals surface area contributed by atoms with Crippen molar-refractivity contribution in [3.8, 4) is 0 Å². The van der Waals surface area contributed by atoms with Crippen molar-refractivity contribution in [2.75, 3.05) is 6.61 Å². The van der Waals surface area contributed by atoms with Crippen LogP contribution in [0, 0.1) is 0 Å². The number of benzene rings is 2. The molecule has 0 saturated heterocycles. The van der Waals surface area contributed by atoms with Gasteiger partial charge in [-0.25, -0.2) is 0 Å². The van der Waals surface area contributed by atoms with Crippen LogP contribution in [0.25, 0.3) is 0 Å². The fourth-order valence-corrected chi connectivity index (χ4v) is 5.31. The lowest BCUT2D eigenvalue weighted by Crippen LogP contribution is -2.59. The third-order valence-electron chi connectivity index (χ3n) is 3.06. The van der Waals surface area contributed by atoms with E-state index >= 15 is 0 Å². The molecule has 0 spiro atoms. The number of hydrogen-bond acceptors (Lipinski definition) is 1. The van der Waals surface area contributed by atoms with E-state index in [-0.39, 0.29) is 0 Å².